The lowest BCUT2D eigenvalue weighted by Crippen LogP contribution is -2.32. The summed E-state index contributed by atoms with van der Waals surface area (Å²) < 4.78 is 1.90. The normalized spacial score (nSPS) is 10.5. The molecule has 5 heteroatoms. The van der Waals surface area contributed by atoms with Gasteiger partial charge in [-0.15, -0.1) is 0 Å². The van der Waals surface area contributed by atoms with Gasteiger partial charge in [-0.1, -0.05) is 18.2 Å². The summed E-state index contributed by atoms with van der Waals surface area (Å²) in [5.41, 5.74) is 1.03. The Kier molecular flexibility index (Phi) is 4.40. The van der Waals surface area contributed by atoms with Crippen LogP contribution in [0.5, 0.6) is 0 Å². The molecule has 0 aliphatic heterocycles. The molecule has 2 rings (SSSR count). The Morgan fingerprint density at radius 2 is 1.95 bits per heavy atom. The number of carbonyl (C=O) groups excluding carboxylic acids is 2. The average molecular weight is 273 g/mol. The monoisotopic (exact) mass is 273 g/mol. The predicted molar refractivity (Wildman–Crippen MR) is 78.3 cm³/mol. The molecule has 0 saturated carbocycles. The Morgan fingerprint density at radius 1 is 1.20 bits per heavy atom. The molecule has 5 nitrogen and oxygen atoms in total. The van der Waals surface area contributed by atoms with E-state index in [0.29, 0.717) is 13.0 Å². The van der Waals surface area contributed by atoms with E-state index in [2.05, 4.69) is 5.32 Å². The zero-order valence-electron chi connectivity index (χ0n) is 11.8. The topological polar surface area (TPSA) is 54.3 Å². The Hall–Kier alpha value is -2.30. The molecular weight excluding hydrogens is 254 g/mol. The Bertz CT molecular complexity index is 616. The van der Waals surface area contributed by atoms with E-state index in [1.807, 2.05) is 41.1 Å². The molecule has 2 amide bonds. The van der Waals surface area contributed by atoms with Gasteiger partial charge in [0.05, 0.1) is 0 Å². The van der Waals surface area contributed by atoms with Gasteiger partial charge in [-0.2, -0.15) is 0 Å². The number of amides is 2. The predicted octanol–water partition coefficient (Wildman–Crippen LogP) is 1.24. The largest absolute Gasteiger partial charge is 0.354 e. The van der Waals surface area contributed by atoms with Crippen molar-refractivity contribution in [3.05, 3.63) is 36.5 Å². The number of aromatic nitrogens is 1. The molecule has 0 spiro atoms. The van der Waals surface area contributed by atoms with Crippen molar-refractivity contribution in [1.82, 2.24) is 14.8 Å². The first-order chi connectivity index (χ1) is 9.58. The molecule has 0 atom stereocenters. The summed E-state index contributed by atoms with van der Waals surface area (Å²) in [5, 5.41) is 3.88. The maximum atomic E-state index is 11.8. The third-order valence-corrected chi connectivity index (χ3v) is 3.15. The van der Waals surface area contributed by atoms with Gasteiger partial charge in [-0.05, 0) is 17.5 Å². The van der Waals surface area contributed by atoms with Gasteiger partial charge in [0.2, 0.25) is 11.8 Å². The highest BCUT2D eigenvalue weighted by molar-refractivity contribution is 5.83. The molecule has 0 radical (unpaired) electrons. The summed E-state index contributed by atoms with van der Waals surface area (Å²) in [6.07, 6.45) is 2.22. The molecule has 0 saturated heterocycles. The van der Waals surface area contributed by atoms with Crippen LogP contribution in [-0.4, -0.2) is 41.9 Å². The van der Waals surface area contributed by atoms with Crippen LogP contribution in [0.25, 0.3) is 10.9 Å². The standard InChI is InChI=1S/C15H19N3O2/c1-17(2)15(20)7-9-16-14(19)11-18-10-8-12-5-3-4-6-13(12)18/h3-6,8,10H,7,9,11H2,1-2H3,(H,16,19). The molecule has 0 aliphatic carbocycles. The fourth-order valence-corrected chi connectivity index (χ4v) is 2.02. The summed E-state index contributed by atoms with van der Waals surface area (Å²) in [6.45, 7) is 0.638. The van der Waals surface area contributed by atoms with E-state index in [0.717, 1.165) is 10.9 Å². The van der Waals surface area contributed by atoms with Crippen molar-refractivity contribution in [2.45, 2.75) is 13.0 Å². The second kappa shape index (κ2) is 6.23. The minimum atomic E-state index is -0.0853. The van der Waals surface area contributed by atoms with E-state index in [1.165, 1.54) is 4.90 Å². The van der Waals surface area contributed by atoms with Crippen molar-refractivity contribution in [1.29, 1.82) is 0 Å². The van der Waals surface area contributed by atoms with E-state index >= 15 is 0 Å². The van der Waals surface area contributed by atoms with Crippen LogP contribution in [0.4, 0.5) is 0 Å². The number of hydrogen-bond donors (Lipinski definition) is 1. The Labute approximate surface area is 118 Å². The summed E-state index contributed by atoms with van der Waals surface area (Å²) in [7, 11) is 3.41. The van der Waals surface area contributed by atoms with Gasteiger partial charge in [0, 0.05) is 38.8 Å². The molecule has 1 heterocycles. The highest BCUT2D eigenvalue weighted by atomic mass is 16.2. The van der Waals surface area contributed by atoms with Crippen LogP contribution >= 0.6 is 0 Å². The third kappa shape index (κ3) is 3.38. The highest BCUT2D eigenvalue weighted by Gasteiger charge is 2.07. The number of carbonyl (C=O) groups is 2. The summed E-state index contributed by atoms with van der Waals surface area (Å²) >= 11 is 0. The summed E-state index contributed by atoms with van der Waals surface area (Å²) in [5.74, 6) is -0.0744. The van der Waals surface area contributed by atoms with Crippen LogP contribution in [0.2, 0.25) is 0 Å². The molecule has 20 heavy (non-hydrogen) atoms. The van der Waals surface area contributed by atoms with Crippen molar-refractivity contribution in [2.24, 2.45) is 0 Å². The number of rotatable bonds is 5. The highest BCUT2D eigenvalue weighted by Crippen LogP contribution is 2.14. The van der Waals surface area contributed by atoms with Gasteiger partial charge < -0.3 is 14.8 Å². The van der Waals surface area contributed by atoms with Crippen molar-refractivity contribution >= 4 is 22.7 Å². The number of benzene rings is 1. The third-order valence-electron chi connectivity index (χ3n) is 3.15. The Morgan fingerprint density at radius 3 is 2.70 bits per heavy atom. The summed E-state index contributed by atoms with van der Waals surface area (Å²) in [4.78, 5) is 24.8. The number of nitrogens with one attached hydrogen (secondary N) is 1. The smallest absolute Gasteiger partial charge is 0.239 e. The summed E-state index contributed by atoms with van der Waals surface area (Å²) in [6, 6.07) is 9.90. The second-order valence-corrected chi connectivity index (χ2v) is 4.89. The molecule has 106 valence electrons. The second-order valence-electron chi connectivity index (χ2n) is 4.89. The maximum Gasteiger partial charge on any atom is 0.239 e. The maximum absolute atomic E-state index is 11.8. The zero-order chi connectivity index (χ0) is 14.5. The van der Waals surface area contributed by atoms with E-state index in [9.17, 15) is 9.59 Å². The Balaban J connectivity index is 1.87. The van der Waals surface area contributed by atoms with Crippen LogP contribution in [0.15, 0.2) is 36.5 Å². The van der Waals surface area contributed by atoms with Crippen LogP contribution < -0.4 is 5.32 Å². The zero-order valence-corrected chi connectivity index (χ0v) is 11.8. The lowest BCUT2D eigenvalue weighted by Gasteiger charge is -2.11. The first-order valence-corrected chi connectivity index (χ1v) is 6.58. The fraction of sp³-hybridized carbons (Fsp3) is 0.333. The van der Waals surface area contributed by atoms with Gasteiger partial charge in [-0.3, -0.25) is 9.59 Å². The van der Waals surface area contributed by atoms with Crippen LogP contribution in [0, 0.1) is 0 Å². The van der Waals surface area contributed by atoms with Gasteiger partial charge in [0.1, 0.15) is 6.54 Å². The first-order valence-electron chi connectivity index (χ1n) is 6.58. The van der Waals surface area contributed by atoms with Crippen LogP contribution in [0.3, 0.4) is 0 Å². The van der Waals surface area contributed by atoms with Crippen molar-refractivity contribution in [2.75, 3.05) is 20.6 Å². The van der Waals surface area contributed by atoms with Gasteiger partial charge >= 0.3 is 0 Å². The van der Waals surface area contributed by atoms with Crippen LogP contribution in [-0.2, 0) is 16.1 Å². The number of fused-ring (bicyclic) bond motifs is 1. The first kappa shape index (κ1) is 14.1. The molecular formula is C15H19N3O2. The van der Waals surface area contributed by atoms with E-state index in [1.54, 1.807) is 14.1 Å². The lowest BCUT2D eigenvalue weighted by atomic mass is 10.2. The SMILES string of the molecule is CN(C)C(=O)CCNC(=O)Cn1ccc2ccccc21. The van der Waals surface area contributed by atoms with Gasteiger partial charge in [0.25, 0.3) is 0 Å². The molecule has 0 aliphatic rings. The van der Waals surface area contributed by atoms with E-state index in [-0.39, 0.29) is 18.4 Å². The molecule has 1 aromatic heterocycles. The number of hydrogen-bond acceptors (Lipinski definition) is 2. The van der Waals surface area contributed by atoms with Crippen molar-refractivity contribution in [3.8, 4) is 0 Å². The molecule has 1 N–H and O–H groups in total. The molecule has 0 bridgehead atoms. The van der Waals surface area contributed by atoms with E-state index < -0.39 is 0 Å². The van der Waals surface area contributed by atoms with Crippen molar-refractivity contribution in [3.63, 3.8) is 0 Å². The number of nitrogens with zero attached hydrogens (tertiary/aromatic N) is 2. The minimum absolute atomic E-state index is 0.0108. The van der Waals surface area contributed by atoms with Gasteiger partial charge in [-0.25, -0.2) is 0 Å². The van der Waals surface area contributed by atoms with Crippen molar-refractivity contribution < 1.29 is 9.59 Å². The average Bonchev–Trinajstić information content (AvgIpc) is 2.82. The molecule has 0 fully saturated rings. The lowest BCUT2D eigenvalue weighted by molar-refractivity contribution is -0.128. The van der Waals surface area contributed by atoms with E-state index in [4.69, 9.17) is 0 Å². The van der Waals surface area contributed by atoms with Crippen LogP contribution in [0.1, 0.15) is 6.42 Å². The number of para-hydroxylation sites is 1. The fourth-order valence-electron chi connectivity index (χ4n) is 2.02. The molecule has 0 unspecified atom stereocenters. The molecule has 2 aromatic rings. The minimum Gasteiger partial charge on any atom is -0.354 e. The van der Waals surface area contributed by atoms with Gasteiger partial charge in [0.15, 0.2) is 0 Å². The molecule has 1 aromatic carbocycles. The quantitative estimate of drug-likeness (QED) is 0.891.